The summed E-state index contributed by atoms with van der Waals surface area (Å²) in [6, 6.07) is 2.37. The van der Waals surface area contributed by atoms with Crippen LogP contribution in [-0.2, 0) is 7.05 Å². The van der Waals surface area contributed by atoms with Gasteiger partial charge in [-0.2, -0.15) is 14.3 Å². The number of nitrogens with zero attached hydrogens (tertiary/aromatic N) is 6. The monoisotopic (exact) mass is 424 g/mol. The van der Waals surface area contributed by atoms with Crippen LogP contribution in [0.15, 0.2) is 23.1 Å². The summed E-state index contributed by atoms with van der Waals surface area (Å²) in [6.07, 6.45) is 0.555. The zero-order chi connectivity index (χ0) is 21.1. The van der Waals surface area contributed by atoms with Crippen molar-refractivity contribution in [1.82, 2.24) is 29.8 Å². The first kappa shape index (κ1) is 20.5. The minimum Gasteiger partial charge on any atom is -0.489 e. The van der Waals surface area contributed by atoms with E-state index in [-0.39, 0.29) is 29.7 Å². The third-order valence-electron chi connectivity index (χ3n) is 3.71. The van der Waals surface area contributed by atoms with Crippen LogP contribution in [-0.4, -0.2) is 54.6 Å². The Bertz CT molecular complexity index is 1080. The lowest BCUT2D eigenvalue weighted by Gasteiger charge is -2.15. The van der Waals surface area contributed by atoms with Crippen molar-refractivity contribution in [3.05, 3.63) is 39.7 Å². The Morgan fingerprint density at radius 1 is 1.38 bits per heavy atom. The molecule has 0 aliphatic carbocycles. The number of aliphatic hydroxyl groups is 1. The quantitative estimate of drug-likeness (QED) is 0.509. The number of anilines is 3. The summed E-state index contributed by atoms with van der Waals surface area (Å²) in [5.74, 6) is -0.264. The molecule has 0 aliphatic rings. The molecule has 0 amide bonds. The van der Waals surface area contributed by atoms with Gasteiger partial charge in [-0.05, 0) is 23.4 Å². The van der Waals surface area contributed by atoms with Crippen molar-refractivity contribution in [1.29, 1.82) is 0 Å². The molecule has 3 aromatic rings. The molecule has 0 saturated heterocycles. The molecule has 3 rings (SSSR count). The number of rotatable bonds is 7. The van der Waals surface area contributed by atoms with Gasteiger partial charge in [-0.1, -0.05) is 11.6 Å². The molecule has 11 nitrogen and oxygen atoms in total. The van der Waals surface area contributed by atoms with Gasteiger partial charge in [0.1, 0.15) is 28.9 Å². The second kappa shape index (κ2) is 8.41. The van der Waals surface area contributed by atoms with Crippen molar-refractivity contribution in [2.24, 2.45) is 7.05 Å². The average molecular weight is 425 g/mol. The molecule has 1 unspecified atom stereocenters. The SMILES string of the molecule is CNc1nc(Nc2cc(-n3nnn(C)c3=O)c(OCC(C)O)cc2F)ncc1Cl. The highest BCUT2D eigenvalue weighted by molar-refractivity contribution is 6.32. The minimum atomic E-state index is -0.801. The van der Waals surface area contributed by atoms with E-state index >= 15 is 0 Å². The molecule has 3 N–H and O–H groups in total. The maximum absolute atomic E-state index is 14.7. The van der Waals surface area contributed by atoms with E-state index < -0.39 is 17.6 Å². The Balaban J connectivity index is 2.05. The molecule has 0 saturated carbocycles. The Kier molecular flexibility index (Phi) is 5.94. The number of aromatic nitrogens is 6. The summed E-state index contributed by atoms with van der Waals surface area (Å²) in [7, 11) is 3.05. The van der Waals surface area contributed by atoms with E-state index in [1.165, 1.54) is 26.2 Å². The number of hydrogen-bond acceptors (Lipinski definition) is 9. The maximum atomic E-state index is 14.7. The number of aryl methyl sites for hydroxylation is 1. The highest BCUT2D eigenvalue weighted by Crippen LogP contribution is 2.30. The third-order valence-corrected chi connectivity index (χ3v) is 3.98. The summed E-state index contributed by atoms with van der Waals surface area (Å²) in [5.41, 5.74) is -0.480. The Morgan fingerprint density at radius 2 is 2.14 bits per heavy atom. The molecular weight excluding hydrogens is 407 g/mol. The fourth-order valence-corrected chi connectivity index (χ4v) is 2.50. The van der Waals surface area contributed by atoms with Gasteiger partial charge in [0.25, 0.3) is 0 Å². The van der Waals surface area contributed by atoms with E-state index in [0.717, 1.165) is 15.4 Å². The highest BCUT2D eigenvalue weighted by Gasteiger charge is 2.18. The van der Waals surface area contributed by atoms with E-state index in [0.29, 0.717) is 10.8 Å². The summed E-state index contributed by atoms with van der Waals surface area (Å²) in [6.45, 7) is 1.40. The number of benzene rings is 1. The van der Waals surface area contributed by atoms with Crippen LogP contribution in [0.4, 0.5) is 21.8 Å². The van der Waals surface area contributed by atoms with Crippen LogP contribution in [0.25, 0.3) is 5.69 Å². The van der Waals surface area contributed by atoms with E-state index in [4.69, 9.17) is 16.3 Å². The summed E-state index contributed by atoms with van der Waals surface area (Å²) >= 11 is 5.95. The molecular formula is C16H18ClFN8O3. The minimum absolute atomic E-state index is 0.00416. The maximum Gasteiger partial charge on any atom is 0.368 e. The van der Waals surface area contributed by atoms with Crippen LogP contribution in [0.1, 0.15) is 6.92 Å². The zero-order valence-electron chi connectivity index (χ0n) is 15.7. The van der Waals surface area contributed by atoms with Crippen molar-refractivity contribution < 1.29 is 14.2 Å². The molecule has 154 valence electrons. The molecule has 0 spiro atoms. The second-order valence-corrected chi connectivity index (χ2v) is 6.43. The Morgan fingerprint density at radius 3 is 2.76 bits per heavy atom. The molecule has 29 heavy (non-hydrogen) atoms. The molecule has 1 aromatic carbocycles. The first-order valence-electron chi connectivity index (χ1n) is 8.41. The van der Waals surface area contributed by atoms with Crippen LogP contribution in [0.3, 0.4) is 0 Å². The lowest BCUT2D eigenvalue weighted by Crippen LogP contribution is -2.23. The summed E-state index contributed by atoms with van der Waals surface area (Å²) in [4.78, 5) is 20.4. The van der Waals surface area contributed by atoms with Crippen LogP contribution < -0.4 is 21.1 Å². The van der Waals surface area contributed by atoms with Gasteiger partial charge in [-0.25, -0.2) is 14.2 Å². The zero-order valence-corrected chi connectivity index (χ0v) is 16.5. The fraction of sp³-hybridized carbons (Fsp3) is 0.312. The molecule has 0 aliphatic heterocycles. The molecule has 0 radical (unpaired) electrons. The molecule has 2 aromatic heterocycles. The van der Waals surface area contributed by atoms with E-state index in [1.807, 2.05) is 0 Å². The molecule has 13 heteroatoms. The van der Waals surface area contributed by atoms with Crippen LogP contribution in [0, 0.1) is 5.82 Å². The van der Waals surface area contributed by atoms with Crippen molar-refractivity contribution in [3.8, 4) is 11.4 Å². The summed E-state index contributed by atoms with van der Waals surface area (Å²) < 4.78 is 22.1. The van der Waals surface area contributed by atoms with Crippen molar-refractivity contribution in [2.45, 2.75) is 13.0 Å². The van der Waals surface area contributed by atoms with Gasteiger partial charge in [0, 0.05) is 20.2 Å². The first-order chi connectivity index (χ1) is 13.8. The number of aliphatic hydroxyl groups excluding tert-OH is 1. The molecule has 1 atom stereocenters. The lowest BCUT2D eigenvalue weighted by molar-refractivity contribution is 0.122. The Hall–Kier alpha value is -3.25. The number of tetrazole rings is 1. The van der Waals surface area contributed by atoms with Gasteiger partial charge < -0.3 is 20.5 Å². The topological polar surface area (TPSA) is 132 Å². The summed E-state index contributed by atoms with van der Waals surface area (Å²) in [5, 5.41) is 22.7. The van der Waals surface area contributed by atoms with E-state index in [1.54, 1.807) is 7.05 Å². The molecule has 0 fully saturated rings. The van der Waals surface area contributed by atoms with E-state index in [9.17, 15) is 14.3 Å². The number of hydrogen-bond donors (Lipinski definition) is 3. The smallest absolute Gasteiger partial charge is 0.368 e. The third kappa shape index (κ3) is 4.43. The van der Waals surface area contributed by atoms with Gasteiger partial charge in [-0.15, -0.1) is 0 Å². The second-order valence-electron chi connectivity index (χ2n) is 6.02. The van der Waals surface area contributed by atoms with Gasteiger partial charge in [-0.3, -0.25) is 0 Å². The Labute approximate surface area is 169 Å². The fourth-order valence-electron chi connectivity index (χ4n) is 2.32. The standard InChI is InChI=1S/C16H18ClFN8O3/c1-8(27)7-29-13-4-10(18)11(5-12(13)26-16(28)25(3)23-24-26)21-15-20-6-9(17)14(19-2)22-15/h4-6,8,27H,7H2,1-3H3,(H2,19,20,21,22). The van der Waals surface area contributed by atoms with Crippen LogP contribution in [0.5, 0.6) is 5.75 Å². The van der Waals surface area contributed by atoms with Gasteiger partial charge >= 0.3 is 5.69 Å². The number of halogens is 2. The lowest BCUT2D eigenvalue weighted by atomic mass is 10.2. The van der Waals surface area contributed by atoms with Crippen LogP contribution in [0.2, 0.25) is 5.02 Å². The van der Waals surface area contributed by atoms with Crippen LogP contribution >= 0.6 is 11.6 Å². The van der Waals surface area contributed by atoms with Crippen molar-refractivity contribution in [2.75, 3.05) is 24.3 Å². The number of ether oxygens (including phenoxy) is 1. The number of nitrogens with one attached hydrogen (secondary N) is 2. The van der Waals surface area contributed by atoms with Gasteiger partial charge in [0.2, 0.25) is 5.95 Å². The normalized spacial score (nSPS) is 11.9. The molecule has 2 heterocycles. The largest absolute Gasteiger partial charge is 0.489 e. The van der Waals surface area contributed by atoms with Crippen molar-refractivity contribution in [3.63, 3.8) is 0 Å². The predicted molar refractivity (Wildman–Crippen MR) is 104 cm³/mol. The highest BCUT2D eigenvalue weighted by atomic mass is 35.5. The van der Waals surface area contributed by atoms with E-state index in [2.05, 4.69) is 31.0 Å². The van der Waals surface area contributed by atoms with Gasteiger partial charge in [0.15, 0.2) is 5.82 Å². The molecule has 0 bridgehead atoms. The average Bonchev–Trinajstić information content (AvgIpc) is 3.01. The van der Waals surface area contributed by atoms with Gasteiger partial charge in [0.05, 0.1) is 18.0 Å². The van der Waals surface area contributed by atoms with Crippen molar-refractivity contribution >= 4 is 29.1 Å². The first-order valence-corrected chi connectivity index (χ1v) is 8.79. The predicted octanol–water partition coefficient (Wildman–Crippen LogP) is 1.09.